The molecule has 1 saturated heterocycles. The van der Waals surface area contributed by atoms with Gasteiger partial charge in [-0.3, -0.25) is 0 Å². The van der Waals surface area contributed by atoms with E-state index in [-0.39, 0.29) is 5.88 Å². The fourth-order valence-electron chi connectivity index (χ4n) is 0.415. The molecule has 2 nitrogen and oxygen atoms in total. The minimum absolute atomic E-state index is 0.285. The highest BCUT2D eigenvalue weighted by Crippen LogP contribution is 2.16. The van der Waals surface area contributed by atoms with Gasteiger partial charge in [-0.25, -0.2) is 0 Å². The van der Waals surface area contributed by atoms with Crippen LogP contribution in [0, 0.1) is 0 Å². The van der Waals surface area contributed by atoms with Crippen LogP contribution in [-0.4, -0.2) is 29.8 Å². The van der Waals surface area contributed by atoms with E-state index in [4.69, 9.17) is 21.4 Å². The van der Waals surface area contributed by atoms with Crippen LogP contribution in [0.4, 0.5) is 0 Å². The highest BCUT2D eigenvalue weighted by Gasteiger charge is 2.34. The van der Waals surface area contributed by atoms with Crippen molar-refractivity contribution in [2.75, 3.05) is 19.1 Å². The molecule has 0 spiro atoms. The van der Waals surface area contributed by atoms with Crippen molar-refractivity contribution in [3.8, 4) is 0 Å². The van der Waals surface area contributed by atoms with E-state index in [1.165, 1.54) is 0 Å². The van der Waals surface area contributed by atoms with Gasteiger partial charge < -0.3 is 9.84 Å². The molecule has 0 amide bonds. The highest BCUT2D eigenvalue weighted by molar-refractivity contribution is 6.18. The maximum Gasteiger partial charge on any atom is 0.125 e. The summed E-state index contributed by atoms with van der Waals surface area (Å²) in [4.78, 5) is 0. The van der Waals surface area contributed by atoms with Gasteiger partial charge >= 0.3 is 0 Å². The Morgan fingerprint density at radius 3 is 2.29 bits per heavy atom. The van der Waals surface area contributed by atoms with Crippen molar-refractivity contribution in [3.05, 3.63) is 0 Å². The molecule has 1 fully saturated rings. The van der Waals surface area contributed by atoms with Crippen molar-refractivity contribution in [1.29, 1.82) is 0 Å². The maximum absolute atomic E-state index is 8.96. The van der Waals surface area contributed by atoms with Gasteiger partial charge in [-0.15, -0.1) is 11.6 Å². The van der Waals surface area contributed by atoms with Crippen LogP contribution in [0.15, 0.2) is 0 Å². The van der Waals surface area contributed by atoms with Crippen molar-refractivity contribution in [1.82, 2.24) is 0 Å². The predicted molar refractivity (Wildman–Crippen MR) is 26.5 cm³/mol. The van der Waals surface area contributed by atoms with Crippen LogP contribution < -0.4 is 0 Å². The molecule has 0 aliphatic carbocycles. The van der Waals surface area contributed by atoms with Gasteiger partial charge in [0.15, 0.2) is 0 Å². The van der Waals surface area contributed by atoms with E-state index in [1.807, 2.05) is 0 Å². The molecule has 1 rings (SSSR count). The van der Waals surface area contributed by atoms with E-state index in [0.29, 0.717) is 13.2 Å². The third-order valence-corrected chi connectivity index (χ3v) is 1.49. The van der Waals surface area contributed by atoms with Gasteiger partial charge in [0.1, 0.15) is 5.60 Å². The van der Waals surface area contributed by atoms with Crippen molar-refractivity contribution in [2.45, 2.75) is 5.60 Å². The largest absolute Gasteiger partial charge is 0.384 e. The normalized spacial score (nSPS) is 26.6. The van der Waals surface area contributed by atoms with Crippen molar-refractivity contribution in [2.24, 2.45) is 0 Å². The van der Waals surface area contributed by atoms with E-state index in [2.05, 4.69) is 0 Å². The zero-order valence-corrected chi connectivity index (χ0v) is 4.61. The first-order chi connectivity index (χ1) is 3.27. The number of hydrogen-bond donors (Lipinski definition) is 1. The number of hydrogen-bond acceptors (Lipinski definition) is 2. The number of ether oxygens (including phenoxy) is 1. The molecule has 0 aromatic rings. The predicted octanol–water partition coefficient (Wildman–Crippen LogP) is -0.0135. The molecule has 0 bridgehead atoms. The quantitative estimate of drug-likeness (QED) is 0.496. The van der Waals surface area contributed by atoms with Crippen LogP contribution in [0.25, 0.3) is 0 Å². The molecule has 0 saturated carbocycles. The Balaban J connectivity index is 2.29. The van der Waals surface area contributed by atoms with Crippen molar-refractivity contribution >= 4 is 11.6 Å². The Morgan fingerprint density at radius 1 is 1.71 bits per heavy atom. The van der Waals surface area contributed by atoms with Gasteiger partial charge in [0.2, 0.25) is 0 Å². The second-order valence-electron chi connectivity index (χ2n) is 1.85. The van der Waals surface area contributed by atoms with E-state index in [9.17, 15) is 0 Å². The molecule has 0 aromatic heterocycles. The van der Waals surface area contributed by atoms with E-state index in [0.717, 1.165) is 0 Å². The average Bonchev–Trinajstić information content (AvgIpc) is 1.61. The standard InChI is InChI=1S/C4H7ClO2/c5-1-4(6)2-7-3-4/h6H,1-3H2. The molecule has 42 valence electrons. The second-order valence-corrected chi connectivity index (χ2v) is 2.12. The van der Waals surface area contributed by atoms with Crippen LogP contribution in [0.1, 0.15) is 0 Å². The Kier molecular flexibility index (Phi) is 1.24. The van der Waals surface area contributed by atoms with Gasteiger partial charge in [-0.2, -0.15) is 0 Å². The molecule has 0 unspecified atom stereocenters. The lowest BCUT2D eigenvalue weighted by atomic mass is 10.1. The molecular weight excluding hydrogens is 115 g/mol. The number of rotatable bonds is 1. The van der Waals surface area contributed by atoms with E-state index >= 15 is 0 Å². The smallest absolute Gasteiger partial charge is 0.125 e. The van der Waals surface area contributed by atoms with Gasteiger partial charge in [-0.05, 0) is 0 Å². The zero-order chi connectivity index (χ0) is 5.33. The van der Waals surface area contributed by atoms with Crippen molar-refractivity contribution < 1.29 is 9.84 Å². The minimum Gasteiger partial charge on any atom is -0.384 e. The maximum atomic E-state index is 8.96. The summed E-state index contributed by atoms with van der Waals surface area (Å²) in [6, 6.07) is 0. The van der Waals surface area contributed by atoms with E-state index < -0.39 is 5.60 Å². The molecule has 7 heavy (non-hydrogen) atoms. The number of halogens is 1. The molecule has 3 heteroatoms. The highest BCUT2D eigenvalue weighted by atomic mass is 35.5. The second kappa shape index (κ2) is 1.62. The summed E-state index contributed by atoms with van der Waals surface area (Å²) in [5, 5.41) is 8.96. The monoisotopic (exact) mass is 122 g/mol. The van der Waals surface area contributed by atoms with Gasteiger partial charge in [0.25, 0.3) is 0 Å². The molecule has 0 atom stereocenters. The lowest BCUT2D eigenvalue weighted by molar-refractivity contribution is -0.163. The Bertz CT molecular complexity index is 64.6. The van der Waals surface area contributed by atoms with Gasteiger partial charge in [-0.1, -0.05) is 0 Å². The topological polar surface area (TPSA) is 29.5 Å². The Hall–Kier alpha value is 0.210. The first kappa shape index (κ1) is 5.35. The van der Waals surface area contributed by atoms with Crippen LogP contribution in [0.3, 0.4) is 0 Å². The minimum atomic E-state index is -0.693. The van der Waals surface area contributed by atoms with E-state index in [1.54, 1.807) is 0 Å². The Labute approximate surface area is 47.0 Å². The Morgan fingerprint density at radius 2 is 2.29 bits per heavy atom. The van der Waals surface area contributed by atoms with Gasteiger partial charge in [0.05, 0.1) is 19.1 Å². The number of aliphatic hydroxyl groups is 1. The van der Waals surface area contributed by atoms with Crippen LogP contribution in [0.2, 0.25) is 0 Å². The summed E-state index contributed by atoms with van der Waals surface area (Å²) in [7, 11) is 0. The third-order valence-electron chi connectivity index (χ3n) is 0.990. The summed E-state index contributed by atoms with van der Waals surface area (Å²) in [5.74, 6) is 0.285. The first-order valence-electron chi connectivity index (χ1n) is 2.13. The van der Waals surface area contributed by atoms with Crippen LogP contribution in [0.5, 0.6) is 0 Å². The summed E-state index contributed by atoms with van der Waals surface area (Å²) in [6.07, 6.45) is 0. The first-order valence-corrected chi connectivity index (χ1v) is 2.66. The van der Waals surface area contributed by atoms with Crippen LogP contribution >= 0.6 is 11.6 Å². The lowest BCUT2D eigenvalue weighted by Crippen LogP contribution is -2.51. The molecular formula is C4H7ClO2. The summed E-state index contributed by atoms with van der Waals surface area (Å²) in [6.45, 7) is 0.799. The summed E-state index contributed by atoms with van der Waals surface area (Å²) < 4.78 is 4.69. The number of alkyl halides is 1. The lowest BCUT2D eigenvalue weighted by Gasteiger charge is -2.33. The fourth-order valence-corrected chi connectivity index (χ4v) is 0.569. The SMILES string of the molecule is OC1(CCl)COC1. The zero-order valence-electron chi connectivity index (χ0n) is 3.85. The molecule has 0 radical (unpaired) electrons. The summed E-state index contributed by atoms with van der Waals surface area (Å²) >= 11 is 5.31. The van der Waals surface area contributed by atoms with Gasteiger partial charge in [0, 0.05) is 0 Å². The molecule has 1 aliphatic rings. The third kappa shape index (κ3) is 0.876. The summed E-state index contributed by atoms with van der Waals surface area (Å²) in [5.41, 5.74) is -0.693. The molecule has 1 heterocycles. The van der Waals surface area contributed by atoms with Crippen LogP contribution in [-0.2, 0) is 4.74 Å². The average molecular weight is 123 g/mol. The molecule has 1 aliphatic heterocycles. The van der Waals surface area contributed by atoms with Crippen molar-refractivity contribution in [3.63, 3.8) is 0 Å². The fraction of sp³-hybridized carbons (Fsp3) is 1.00. The molecule has 1 N–H and O–H groups in total. The molecule has 0 aromatic carbocycles.